The monoisotopic (exact) mass is 455 g/mol. The summed E-state index contributed by atoms with van der Waals surface area (Å²) in [5.41, 5.74) is 3.66. The van der Waals surface area contributed by atoms with Gasteiger partial charge in [0.15, 0.2) is 0 Å². The zero-order chi connectivity index (χ0) is 23.7. The molecule has 1 amide bonds. The Kier molecular flexibility index (Phi) is 5.82. The maximum absolute atomic E-state index is 12.3. The maximum Gasteiger partial charge on any atom is 0.226 e. The van der Waals surface area contributed by atoms with E-state index in [2.05, 4.69) is 23.1 Å². The molecule has 2 aliphatic heterocycles. The van der Waals surface area contributed by atoms with E-state index in [-0.39, 0.29) is 23.0 Å². The third-order valence-electron chi connectivity index (χ3n) is 7.30. The summed E-state index contributed by atoms with van der Waals surface area (Å²) in [6.45, 7) is 2.14. The highest BCUT2D eigenvalue weighted by molar-refractivity contribution is 6.16. The highest BCUT2D eigenvalue weighted by atomic mass is 16.5. The largest absolute Gasteiger partial charge is 0.497 e. The van der Waals surface area contributed by atoms with E-state index in [1.807, 2.05) is 41.3 Å². The standard InChI is InChI=1S/C27H29N5O2/c1-34-22-11-5-19(6-12-22)30-24-17-31(18-27(13-14-27)26(24)23(29)16-28)20-7-9-21(10-8-20)32-15-3-2-4-25(32)33/h5-12,26,29H,2-4,13-15,17-18H2,1H3. The number of benzene rings is 2. The van der Waals surface area contributed by atoms with Crippen molar-refractivity contribution in [1.82, 2.24) is 0 Å². The molecular weight excluding hydrogens is 426 g/mol. The molecule has 174 valence electrons. The van der Waals surface area contributed by atoms with Gasteiger partial charge in [-0.2, -0.15) is 5.26 Å². The van der Waals surface area contributed by atoms with Crippen LogP contribution in [0.25, 0.3) is 0 Å². The van der Waals surface area contributed by atoms with Gasteiger partial charge < -0.3 is 14.5 Å². The minimum Gasteiger partial charge on any atom is -0.497 e. The number of hydrogen-bond acceptors (Lipinski definition) is 6. The lowest BCUT2D eigenvalue weighted by molar-refractivity contribution is -0.119. The van der Waals surface area contributed by atoms with Crippen molar-refractivity contribution in [1.29, 1.82) is 10.7 Å². The van der Waals surface area contributed by atoms with Crippen LogP contribution in [0.2, 0.25) is 0 Å². The number of nitrogens with one attached hydrogen (secondary N) is 1. The fourth-order valence-corrected chi connectivity index (χ4v) is 5.34. The van der Waals surface area contributed by atoms with Gasteiger partial charge in [-0.15, -0.1) is 0 Å². The van der Waals surface area contributed by atoms with Crippen LogP contribution in [0.1, 0.15) is 32.1 Å². The summed E-state index contributed by atoms with van der Waals surface area (Å²) in [5, 5.41) is 18.0. The Labute approximate surface area is 200 Å². The summed E-state index contributed by atoms with van der Waals surface area (Å²) in [6.07, 6.45) is 4.60. The summed E-state index contributed by atoms with van der Waals surface area (Å²) < 4.78 is 5.26. The molecule has 2 aromatic carbocycles. The van der Waals surface area contributed by atoms with Gasteiger partial charge in [0.05, 0.1) is 25.3 Å². The minimum absolute atomic E-state index is 0.100. The second-order valence-electron chi connectivity index (χ2n) is 9.50. The van der Waals surface area contributed by atoms with Crippen LogP contribution >= 0.6 is 0 Å². The van der Waals surface area contributed by atoms with Gasteiger partial charge in [-0.05, 0) is 74.2 Å². The topological polar surface area (TPSA) is 92.8 Å². The van der Waals surface area contributed by atoms with Crippen molar-refractivity contribution in [3.05, 3.63) is 48.5 Å². The van der Waals surface area contributed by atoms with Crippen LogP contribution in [0.15, 0.2) is 53.5 Å². The average Bonchev–Trinajstić information content (AvgIpc) is 3.63. The molecule has 2 saturated heterocycles. The number of aliphatic imine (C=N–C) groups is 1. The molecule has 2 heterocycles. The number of anilines is 2. The van der Waals surface area contributed by atoms with E-state index < -0.39 is 0 Å². The lowest BCUT2D eigenvalue weighted by Gasteiger charge is -2.40. The number of ether oxygens (including phenoxy) is 1. The molecule has 0 bridgehead atoms. The minimum atomic E-state index is -0.249. The fraction of sp³-hybridized carbons (Fsp3) is 0.407. The molecule has 1 atom stereocenters. The zero-order valence-electron chi connectivity index (χ0n) is 19.5. The van der Waals surface area contributed by atoms with Crippen molar-refractivity contribution in [3.8, 4) is 11.8 Å². The molecule has 0 radical (unpaired) electrons. The number of carbonyl (C=O) groups excluding carboxylic acids is 1. The van der Waals surface area contributed by atoms with Crippen molar-refractivity contribution in [2.24, 2.45) is 16.3 Å². The van der Waals surface area contributed by atoms with Gasteiger partial charge in [0.1, 0.15) is 17.5 Å². The molecule has 1 unspecified atom stereocenters. The fourth-order valence-electron chi connectivity index (χ4n) is 5.34. The molecule has 1 aliphatic carbocycles. The number of amides is 1. The Hall–Kier alpha value is -3.66. The molecule has 3 aliphatic rings. The quantitative estimate of drug-likeness (QED) is 0.659. The molecule has 1 spiro atoms. The first-order valence-corrected chi connectivity index (χ1v) is 11.9. The van der Waals surface area contributed by atoms with Gasteiger partial charge in [0.25, 0.3) is 0 Å². The normalized spacial score (nSPS) is 22.5. The summed E-state index contributed by atoms with van der Waals surface area (Å²) in [4.78, 5) is 21.4. The van der Waals surface area contributed by atoms with Gasteiger partial charge in [0, 0.05) is 42.0 Å². The lowest BCUT2D eigenvalue weighted by Crippen LogP contribution is -2.50. The number of hydrogen-bond donors (Lipinski definition) is 1. The van der Waals surface area contributed by atoms with Crippen LogP contribution in [0.5, 0.6) is 5.75 Å². The number of rotatable bonds is 5. The smallest absolute Gasteiger partial charge is 0.226 e. The Morgan fingerprint density at radius 1 is 1.12 bits per heavy atom. The van der Waals surface area contributed by atoms with Crippen LogP contribution in [0.4, 0.5) is 17.1 Å². The number of carbonyl (C=O) groups is 1. The van der Waals surface area contributed by atoms with Crippen LogP contribution in [0.3, 0.4) is 0 Å². The SMILES string of the molecule is COc1ccc(N=C2CN(c3ccc(N4CCCCC4=O)cc3)CC3(CC3)C2C(=N)C#N)cc1. The van der Waals surface area contributed by atoms with Crippen LogP contribution < -0.4 is 14.5 Å². The number of methoxy groups -OCH3 is 1. The van der Waals surface area contributed by atoms with E-state index in [4.69, 9.17) is 15.1 Å². The molecule has 7 heteroatoms. The van der Waals surface area contributed by atoms with Crippen LogP contribution in [-0.4, -0.2) is 44.1 Å². The van der Waals surface area contributed by atoms with E-state index in [1.165, 1.54) is 0 Å². The molecule has 0 aromatic heterocycles. The van der Waals surface area contributed by atoms with E-state index in [0.29, 0.717) is 13.0 Å². The molecular formula is C27H29N5O2. The van der Waals surface area contributed by atoms with E-state index in [0.717, 1.165) is 67.3 Å². The van der Waals surface area contributed by atoms with Crippen LogP contribution in [-0.2, 0) is 4.79 Å². The van der Waals surface area contributed by atoms with Crippen molar-refractivity contribution in [2.75, 3.05) is 36.5 Å². The first-order valence-electron chi connectivity index (χ1n) is 11.9. The van der Waals surface area contributed by atoms with E-state index in [1.54, 1.807) is 7.11 Å². The second kappa shape index (κ2) is 8.94. The van der Waals surface area contributed by atoms with Gasteiger partial charge in [-0.1, -0.05) is 0 Å². The van der Waals surface area contributed by atoms with Crippen LogP contribution in [0, 0.1) is 28.1 Å². The van der Waals surface area contributed by atoms with E-state index in [9.17, 15) is 10.1 Å². The maximum atomic E-state index is 12.3. The molecule has 1 N–H and O–H groups in total. The Morgan fingerprint density at radius 2 is 1.82 bits per heavy atom. The van der Waals surface area contributed by atoms with E-state index >= 15 is 0 Å². The number of nitrogens with zero attached hydrogens (tertiary/aromatic N) is 4. The average molecular weight is 456 g/mol. The third-order valence-corrected chi connectivity index (χ3v) is 7.30. The summed E-state index contributed by atoms with van der Waals surface area (Å²) in [6, 6.07) is 17.9. The van der Waals surface area contributed by atoms with Crippen molar-refractivity contribution < 1.29 is 9.53 Å². The third kappa shape index (κ3) is 4.16. The molecule has 3 fully saturated rings. The van der Waals surface area contributed by atoms with Gasteiger partial charge in [-0.25, -0.2) is 0 Å². The highest BCUT2D eigenvalue weighted by Gasteiger charge is 2.56. The molecule has 2 aromatic rings. The lowest BCUT2D eigenvalue weighted by atomic mass is 9.77. The summed E-state index contributed by atoms with van der Waals surface area (Å²) >= 11 is 0. The highest BCUT2D eigenvalue weighted by Crippen LogP contribution is 2.56. The Balaban J connectivity index is 1.44. The predicted octanol–water partition coefficient (Wildman–Crippen LogP) is 4.74. The number of piperidine rings is 2. The number of nitriles is 1. The summed E-state index contributed by atoms with van der Waals surface area (Å²) in [7, 11) is 1.63. The zero-order valence-corrected chi connectivity index (χ0v) is 19.5. The summed E-state index contributed by atoms with van der Waals surface area (Å²) in [5.74, 6) is 0.711. The molecule has 1 saturated carbocycles. The molecule has 5 rings (SSSR count). The first-order chi connectivity index (χ1) is 16.5. The first kappa shape index (κ1) is 22.1. The van der Waals surface area contributed by atoms with Crippen molar-refractivity contribution in [3.63, 3.8) is 0 Å². The van der Waals surface area contributed by atoms with Crippen molar-refractivity contribution >= 4 is 34.4 Å². The Bertz CT molecular complexity index is 1160. The Morgan fingerprint density at radius 3 is 2.44 bits per heavy atom. The molecule has 34 heavy (non-hydrogen) atoms. The predicted molar refractivity (Wildman–Crippen MR) is 133 cm³/mol. The van der Waals surface area contributed by atoms with Gasteiger partial charge in [0.2, 0.25) is 5.91 Å². The van der Waals surface area contributed by atoms with Gasteiger partial charge in [-0.3, -0.25) is 15.2 Å². The molecule has 7 nitrogen and oxygen atoms in total. The van der Waals surface area contributed by atoms with Gasteiger partial charge >= 0.3 is 0 Å². The second-order valence-corrected chi connectivity index (χ2v) is 9.50. The van der Waals surface area contributed by atoms with Crippen molar-refractivity contribution in [2.45, 2.75) is 32.1 Å².